The van der Waals surface area contributed by atoms with E-state index in [-0.39, 0.29) is 0 Å². The summed E-state index contributed by atoms with van der Waals surface area (Å²) in [5.74, 6) is 0.403. The predicted octanol–water partition coefficient (Wildman–Crippen LogP) is 1.26. The summed E-state index contributed by atoms with van der Waals surface area (Å²) in [6, 6.07) is 0. The average molecular weight is 130 g/mol. The number of hydrogen-bond donors (Lipinski definition) is 0. The molecule has 7 heavy (non-hydrogen) atoms. The molecule has 0 radical (unpaired) electrons. The number of thioether (sulfide) groups is 1. The molecule has 0 aromatic heterocycles. The van der Waals surface area contributed by atoms with E-state index < -0.39 is 0 Å². The van der Waals surface area contributed by atoms with Gasteiger partial charge in [0.25, 0.3) is 0 Å². The molecule has 0 atom stereocenters. The summed E-state index contributed by atoms with van der Waals surface area (Å²) in [5, 5.41) is 11.9. The first-order valence-corrected chi connectivity index (χ1v) is 2.85. The third-order valence-electron chi connectivity index (χ3n) is 0.258. The Bertz CT molecular complexity index is 119. The number of nitriles is 1. The van der Waals surface area contributed by atoms with Crippen molar-refractivity contribution >= 4 is 29.1 Å². The molecule has 0 aromatic rings. The highest BCUT2D eigenvalue weighted by molar-refractivity contribution is 8.03. The van der Waals surface area contributed by atoms with Crippen LogP contribution in [0, 0.1) is 10.7 Å². The first-order valence-electron chi connectivity index (χ1n) is 1.46. The van der Waals surface area contributed by atoms with Gasteiger partial charge in [0.2, 0.25) is 0 Å². The molecule has 0 aliphatic carbocycles. The lowest BCUT2D eigenvalue weighted by atomic mass is 11.4. The third kappa shape index (κ3) is 5.64. The molecular formula is C3H2N2S2. The van der Waals surface area contributed by atoms with Crippen molar-refractivity contribution in [3.8, 4) is 5.40 Å². The van der Waals surface area contributed by atoms with E-state index >= 15 is 0 Å². The first-order chi connectivity index (χ1) is 3.41. The second-order valence-electron chi connectivity index (χ2n) is 0.614. The first kappa shape index (κ1) is 6.64. The van der Waals surface area contributed by atoms with Gasteiger partial charge < -0.3 is 0 Å². The van der Waals surface area contributed by atoms with Crippen LogP contribution in [0.25, 0.3) is 0 Å². The molecular weight excluding hydrogens is 128 g/mol. The lowest BCUT2D eigenvalue weighted by molar-refractivity contribution is 1.42. The van der Waals surface area contributed by atoms with E-state index in [2.05, 4.69) is 22.4 Å². The van der Waals surface area contributed by atoms with Crippen LogP contribution in [0.5, 0.6) is 0 Å². The number of thiocyanates is 1. The number of thiocarbonyl (C=S) groups is 1. The lowest BCUT2D eigenvalue weighted by Crippen LogP contribution is -1.60. The summed E-state index contributed by atoms with van der Waals surface area (Å²) in [5.41, 5.74) is 0. The van der Waals surface area contributed by atoms with E-state index in [0.717, 1.165) is 11.8 Å². The van der Waals surface area contributed by atoms with Gasteiger partial charge in [0.15, 0.2) is 0 Å². The number of nitrogens with zero attached hydrogens (tertiary/aromatic N) is 2. The minimum atomic E-state index is 0.403. The Labute approximate surface area is 51.2 Å². The van der Waals surface area contributed by atoms with Crippen LogP contribution in [-0.4, -0.2) is 11.0 Å². The fraction of sp³-hybridized carbons (Fsp3) is 0.333. The molecule has 0 rings (SSSR count). The number of rotatable bonds is 2. The van der Waals surface area contributed by atoms with Gasteiger partial charge in [0.1, 0.15) is 11.3 Å². The number of aliphatic imine (C=N–C) groups is 1. The fourth-order valence-corrected chi connectivity index (χ4v) is 0.421. The Morgan fingerprint density at radius 1 is 1.86 bits per heavy atom. The van der Waals surface area contributed by atoms with Gasteiger partial charge in [-0.05, 0) is 24.0 Å². The van der Waals surface area contributed by atoms with E-state index in [9.17, 15) is 0 Å². The van der Waals surface area contributed by atoms with Crippen LogP contribution in [0.3, 0.4) is 0 Å². The zero-order valence-corrected chi connectivity index (χ0v) is 5.05. The SMILES string of the molecule is N#CSCN=C=S. The lowest BCUT2D eigenvalue weighted by Gasteiger charge is -1.70. The predicted molar refractivity (Wildman–Crippen MR) is 33.1 cm³/mol. The summed E-state index contributed by atoms with van der Waals surface area (Å²) in [6.07, 6.45) is 0. The normalized spacial score (nSPS) is 6.14. The standard InChI is InChI=1S/C3H2N2S2/c4-1-7-3-5-2-6/h3H2. The van der Waals surface area contributed by atoms with Crippen LogP contribution in [0.2, 0.25) is 0 Å². The van der Waals surface area contributed by atoms with Crippen molar-refractivity contribution in [2.24, 2.45) is 4.99 Å². The van der Waals surface area contributed by atoms with Gasteiger partial charge in [-0.1, -0.05) is 0 Å². The minimum absolute atomic E-state index is 0.403. The molecule has 0 aliphatic heterocycles. The maximum Gasteiger partial charge on any atom is 0.135 e. The minimum Gasteiger partial charge on any atom is -0.220 e. The molecule has 0 saturated carbocycles. The zero-order chi connectivity index (χ0) is 5.54. The molecule has 0 amide bonds. The largest absolute Gasteiger partial charge is 0.220 e. The molecule has 0 N–H and O–H groups in total. The zero-order valence-electron chi connectivity index (χ0n) is 3.42. The smallest absolute Gasteiger partial charge is 0.135 e. The molecule has 0 spiro atoms. The molecule has 4 heteroatoms. The van der Waals surface area contributed by atoms with Gasteiger partial charge in [-0.15, -0.1) is 0 Å². The Morgan fingerprint density at radius 3 is 3.00 bits per heavy atom. The highest BCUT2D eigenvalue weighted by Crippen LogP contribution is 1.92. The third-order valence-corrected chi connectivity index (χ3v) is 0.775. The van der Waals surface area contributed by atoms with Crippen LogP contribution >= 0.6 is 24.0 Å². The molecule has 0 saturated heterocycles. The molecule has 0 bridgehead atoms. The summed E-state index contributed by atoms with van der Waals surface area (Å²) in [7, 11) is 0. The Morgan fingerprint density at radius 2 is 2.57 bits per heavy atom. The van der Waals surface area contributed by atoms with E-state index in [1.807, 2.05) is 5.40 Å². The monoisotopic (exact) mass is 130 g/mol. The summed E-state index contributed by atoms with van der Waals surface area (Å²) < 4.78 is 0. The van der Waals surface area contributed by atoms with Crippen LogP contribution in [0.1, 0.15) is 0 Å². The van der Waals surface area contributed by atoms with E-state index in [0.29, 0.717) is 5.88 Å². The average Bonchev–Trinajstić information content (AvgIpc) is 1.69. The quantitative estimate of drug-likeness (QED) is 0.244. The Kier molecular flexibility index (Phi) is 5.35. The maximum absolute atomic E-state index is 7.88. The molecule has 0 fully saturated rings. The molecule has 0 aromatic carbocycles. The highest BCUT2D eigenvalue weighted by Gasteiger charge is 1.72. The van der Waals surface area contributed by atoms with Crippen LogP contribution in [-0.2, 0) is 0 Å². The van der Waals surface area contributed by atoms with E-state index in [4.69, 9.17) is 5.26 Å². The second-order valence-corrected chi connectivity index (χ2v) is 1.53. The van der Waals surface area contributed by atoms with E-state index in [1.165, 1.54) is 0 Å². The Hall–Kier alpha value is -0.360. The summed E-state index contributed by atoms with van der Waals surface area (Å²) >= 11 is 5.27. The topological polar surface area (TPSA) is 36.1 Å². The van der Waals surface area contributed by atoms with Crippen LogP contribution < -0.4 is 0 Å². The van der Waals surface area contributed by atoms with Crippen molar-refractivity contribution in [2.75, 3.05) is 5.88 Å². The summed E-state index contributed by atoms with van der Waals surface area (Å²) in [6.45, 7) is 0. The van der Waals surface area contributed by atoms with Crippen molar-refractivity contribution < 1.29 is 0 Å². The number of hydrogen-bond acceptors (Lipinski definition) is 4. The molecule has 2 nitrogen and oxygen atoms in total. The fourth-order valence-electron chi connectivity index (χ4n) is 0.0875. The van der Waals surface area contributed by atoms with E-state index in [1.54, 1.807) is 0 Å². The van der Waals surface area contributed by atoms with Crippen LogP contribution in [0.4, 0.5) is 0 Å². The van der Waals surface area contributed by atoms with Crippen molar-refractivity contribution in [1.29, 1.82) is 5.26 Å². The second kappa shape index (κ2) is 5.64. The Balaban J connectivity index is 3.03. The van der Waals surface area contributed by atoms with Gasteiger partial charge in [0.05, 0.1) is 5.16 Å². The van der Waals surface area contributed by atoms with Crippen molar-refractivity contribution in [1.82, 2.24) is 0 Å². The molecule has 0 aliphatic rings. The maximum atomic E-state index is 7.88. The van der Waals surface area contributed by atoms with Crippen LogP contribution in [0.15, 0.2) is 4.99 Å². The van der Waals surface area contributed by atoms with Gasteiger partial charge >= 0.3 is 0 Å². The van der Waals surface area contributed by atoms with Gasteiger partial charge in [0, 0.05) is 0 Å². The van der Waals surface area contributed by atoms with Gasteiger partial charge in [-0.2, -0.15) is 5.26 Å². The summed E-state index contributed by atoms with van der Waals surface area (Å²) in [4.78, 5) is 3.47. The number of isothiocyanates is 1. The van der Waals surface area contributed by atoms with Crippen molar-refractivity contribution in [3.05, 3.63) is 0 Å². The molecule has 36 valence electrons. The molecule has 0 heterocycles. The van der Waals surface area contributed by atoms with Crippen molar-refractivity contribution in [2.45, 2.75) is 0 Å². The van der Waals surface area contributed by atoms with Gasteiger partial charge in [-0.3, -0.25) is 0 Å². The molecule has 0 unspecified atom stereocenters. The highest BCUT2D eigenvalue weighted by atomic mass is 32.2. The van der Waals surface area contributed by atoms with Gasteiger partial charge in [-0.25, -0.2) is 4.99 Å². The van der Waals surface area contributed by atoms with Crippen molar-refractivity contribution in [3.63, 3.8) is 0 Å².